The van der Waals surface area contributed by atoms with Crippen LogP contribution < -0.4 is 0 Å². The largest absolute Gasteiger partial charge is 0.416 e. The second-order valence-corrected chi connectivity index (χ2v) is 6.96. The first-order valence-electron chi connectivity index (χ1n) is 8.32. The minimum atomic E-state index is -4.37. The van der Waals surface area contributed by atoms with Gasteiger partial charge in [-0.1, -0.05) is 37.6 Å². The third-order valence-corrected chi connectivity index (χ3v) is 4.25. The van der Waals surface area contributed by atoms with E-state index in [4.69, 9.17) is 0 Å². The molecule has 2 nitrogen and oxygen atoms in total. The van der Waals surface area contributed by atoms with Crippen LogP contribution in [0.2, 0.25) is 0 Å². The van der Waals surface area contributed by atoms with Crippen LogP contribution in [0.5, 0.6) is 0 Å². The van der Waals surface area contributed by atoms with Gasteiger partial charge < -0.3 is 4.57 Å². The number of hydrogen-bond donors (Lipinski definition) is 0. The Bertz CT molecular complexity index is 921. The summed E-state index contributed by atoms with van der Waals surface area (Å²) in [6, 6.07) is 9.86. The van der Waals surface area contributed by atoms with Gasteiger partial charge in [0.2, 0.25) is 0 Å². The van der Waals surface area contributed by atoms with Crippen molar-refractivity contribution in [2.45, 2.75) is 40.4 Å². The van der Waals surface area contributed by atoms with Crippen LogP contribution in [0.4, 0.5) is 13.2 Å². The molecule has 0 N–H and O–H groups in total. The molecule has 0 spiro atoms. The highest BCUT2D eigenvalue weighted by Gasteiger charge is 2.31. The molecule has 1 aromatic heterocycles. The fraction of sp³-hybridized carbons (Fsp3) is 0.350. The monoisotopic (exact) mass is 346 g/mol. The number of benzene rings is 2. The highest BCUT2D eigenvalue weighted by atomic mass is 19.4. The summed E-state index contributed by atoms with van der Waals surface area (Å²) in [5.74, 6) is 1.07. The molecule has 0 unspecified atom stereocenters. The van der Waals surface area contributed by atoms with Crippen LogP contribution in [0.3, 0.4) is 0 Å². The molecule has 2 aromatic carbocycles. The van der Waals surface area contributed by atoms with Crippen molar-refractivity contribution in [1.82, 2.24) is 9.55 Å². The van der Waals surface area contributed by atoms with Crippen molar-refractivity contribution in [1.29, 1.82) is 0 Å². The van der Waals surface area contributed by atoms with Crippen molar-refractivity contribution < 1.29 is 13.2 Å². The number of nitrogens with zero attached hydrogens (tertiary/aromatic N) is 2. The van der Waals surface area contributed by atoms with E-state index in [1.807, 2.05) is 30.5 Å². The van der Waals surface area contributed by atoms with Gasteiger partial charge in [-0.3, -0.25) is 0 Å². The molecule has 3 aromatic rings. The lowest BCUT2D eigenvalue weighted by Crippen LogP contribution is -2.07. The van der Waals surface area contributed by atoms with Gasteiger partial charge in [0.15, 0.2) is 0 Å². The highest BCUT2D eigenvalue weighted by molar-refractivity contribution is 5.82. The fourth-order valence-corrected chi connectivity index (χ4v) is 3.13. The quantitative estimate of drug-likeness (QED) is 0.569. The van der Waals surface area contributed by atoms with Gasteiger partial charge >= 0.3 is 6.18 Å². The van der Waals surface area contributed by atoms with E-state index >= 15 is 0 Å². The van der Waals surface area contributed by atoms with Gasteiger partial charge in [-0.25, -0.2) is 4.98 Å². The van der Waals surface area contributed by atoms with E-state index in [0.717, 1.165) is 40.2 Å². The summed E-state index contributed by atoms with van der Waals surface area (Å²) in [6.45, 7) is 8.89. The molecule has 0 bridgehead atoms. The molecule has 0 aliphatic heterocycles. The Balaban J connectivity index is 2.25. The molecular formula is C20H21F3N2. The number of imidazole rings is 1. The topological polar surface area (TPSA) is 17.8 Å². The zero-order valence-corrected chi connectivity index (χ0v) is 14.8. The van der Waals surface area contributed by atoms with Crippen LogP contribution in [0.15, 0.2) is 36.4 Å². The minimum Gasteiger partial charge on any atom is -0.324 e. The predicted octanol–water partition coefficient (Wildman–Crippen LogP) is 5.99. The van der Waals surface area contributed by atoms with Crippen LogP contribution in [-0.2, 0) is 12.7 Å². The van der Waals surface area contributed by atoms with Crippen molar-refractivity contribution in [3.05, 3.63) is 53.1 Å². The predicted molar refractivity (Wildman–Crippen MR) is 94.5 cm³/mol. The molecule has 0 aliphatic rings. The lowest BCUT2D eigenvalue weighted by Gasteiger charge is -2.14. The maximum Gasteiger partial charge on any atom is 0.416 e. The molecule has 25 heavy (non-hydrogen) atoms. The summed E-state index contributed by atoms with van der Waals surface area (Å²) in [7, 11) is 0. The van der Waals surface area contributed by atoms with Crippen molar-refractivity contribution in [2.75, 3.05) is 0 Å². The Morgan fingerprint density at radius 3 is 2.36 bits per heavy atom. The Kier molecular flexibility index (Phi) is 4.35. The number of fused-ring (bicyclic) bond motifs is 1. The first-order valence-corrected chi connectivity index (χ1v) is 8.32. The molecule has 0 saturated carbocycles. The number of halogens is 3. The average Bonchev–Trinajstić information content (AvgIpc) is 2.83. The summed E-state index contributed by atoms with van der Waals surface area (Å²) in [5.41, 5.74) is 3.61. The van der Waals surface area contributed by atoms with Gasteiger partial charge in [0, 0.05) is 12.1 Å². The van der Waals surface area contributed by atoms with E-state index in [1.54, 1.807) is 0 Å². The van der Waals surface area contributed by atoms with Gasteiger partial charge in [0.25, 0.3) is 0 Å². The zero-order chi connectivity index (χ0) is 18.4. The van der Waals surface area contributed by atoms with Crippen LogP contribution >= 0.6 is 0 Å². The van der Waals surface area contributed by atoms with Crippen molar-refractivity contribution >= 4 is 11.0 Å². The lowest BCUT2D eigenvalue weighted by molar-refractivity contribution is -0.137. The number of aromatic nitrogens is 2. The van der Waals surface area contributed by atoms with Crippen LogP contribution in [0, 0.1) is 19.8 Å². The van der Waals surface area contributed by atoms with E-state index < -0.39 is 11.7 Å². The zero-order valence-electron chi connectivity index (χ0n) is 14.8. The maximum atomic E-state index is 13.0. The molecule has 0 atom stereocenters. The van der Waals surface area contributed by atoms with E-state index in [1.165, 1.54) is 6.07 Å². The molecule has 132 valence electrons. The van der Waals surface area contributed by atoms with Gasteiger partial charge in [0.05, 0.1) is 16.6 Å². The maximum absolute atomic E-state index is 13.0. The first-order chi connectivity index (χ1) is 11.7. The van der Waals surface area contributed by atoms with E-state index in [0.29, 0.717) is 18.0 Å². The third-order valence-electron chi connectivity index (χ3n) is 4.25. The van der Waals surface area contributed by atoms with E-state index in [9.17, 15) is 13.2 Å². The summed E-state index contributed by atoms with van der Waals surface area (Å²) >= 11 is 0. The number of alkyl halides is 3. The fourth-order valence-electron chi connectivity index (χ4n) is 3.13. The Morgan fingerprint density at radius 1 is 1.04 bits per heavy atom. The average molecular weight is 346 g/mol. The highest BCUT2D eigenvalue weighted by Crippen LogP contribution is 2.34. The van der Waals surface area contributed by atoms with E-state index in [2.05, 4.69) is 24.9 Å². The molecule has 5 heteroatoms. The lowest BCUT2D eigenvalue weighted by atomic mass is 10.0. The second kappa shape index (κ2) is 6.21. The molecule has 0 amide bonds. The van der Waals surface area contributed by atoms with Crippen molar-refractivity contribution in [2.24, 2.45) is 5.92 Å². The third kappa shape index (κ3) is 3.41. The normalized spacial score (nSPS) is 12.3. The Labute approximate surface area is 145 Å². The Hall–Kier alpha value is -2.30. The smallest absolute Gasteiger partial charge is 0.324 e. The van der Waals surface area contributed by atoms with Crippen LogP contribution in [0.1, 0.15) is 30.5 Å². The number of rotatable bonds is 3. The molecule has 0 aliphatic carbocycles. The van der Waals surface area contributed by atoms with Crippen molar-refractivity contribution in [3.63, 3.8) is 0 Å². The molecule has 1 heterocycles. The molecule has 3 rings (SSSR count). The number of aryl methyl sites for hydroxylation is 2. The van der Waals surface area contributed by atoms with Crippen molar-refractivity contribution in [3.8, 4) is 11.4 Å². The summed E-state index contributed by atoms with van der Waals surface area (Å²) in [4.78, 5) is 4.56. The van der Waals surface area contributed by atoms with Gasteiger partial charge in [0.1, 0.15) is 5.82 Å². The molecule has 0 radical (unpaired) electrons. The molecular weight excluding hydrogens is 325 g/mol. The molecule has 0 saturated heterocycles. The van der Waals surface area contributed by atoms with Gasteiger partial charge in [-0.05, 0) is 43.5 Å². The second-order valence-electron chi connectivity index (χ2n) is 6.96. The molecule has 0 fully saturated rings. The van der Waals surface area contributed by atoms with Gasteiger partial charge in [-0.2, -0.15) is 13.2 Å². The standard InChI is InChI=1S/C20H21F3N2/c1-12(2)11-25-18-8-6-15(20(21,22)23)10-17(18)24-19(25)16-7-5-13(3)9-14(16)4/h5-10,12H,11H2,1-4H3. The number of hydrogen-bond acceptors (Lipinski definition) is 1. The summed E-state index contributed by atoms with van der Waals surface area (Å²) < 4.78 is 41.1. The summed E-state index contributed by atoms with van der Waals surface area (Å²) in [5, 5.41) is 0. The minimum absolute atomic E-state index is 0.351. The first kappa shape index (κ1) is 17.5. The summed E-state index contributed by atoms with van der Waals surface area (Å²) in [6.07, 6.45) is -4.37. The van der Waals surface area contributed by atoms with Crippen LogP contribution in [-0.4, -0.2) is 9.55 Å². The Morgan fingerprint density at radius 2 is 1.76 bits per heavy atom. The van der Waals surface area contributed by atoms with E-state index in [-0.39, 0.29) is 0 Å². The van der Waals surface area contributed by atoms with Crippen LogP contribution in [0.25, 0.3) is 22.4 Å². The SMILES string of the molecule is Cc1ccc(-c2nc3cc(C(F)(F)F)ccc3n2CC(C)C)c(C)c1. The van der Waals surface area contributed by atoms with Gasteiger partial charge in [-0.15, -0.1) is 0 Å².